The molecule has 0 fully saturated rings. The molecule has 164 valence electrons. The number of carbonyl (C=O) groups is 1. The summed E-state index contributed by atoms with van der Waals surface area (Å²) in [6.45, 7) is 5.90. The predicted octanol–water partition coefficient (Wildman–Crippen LogP) is 4.03. The maximum absolute atomic E-state index is 14.8. The van der Waals surface area contributed by atoms with Crippen LogP contribution in [0.3, 0.4) is 0 Å². The summed E-state index contributed by atoms with van der Waals surface area (Å²) in [7, 11) is 0. The Hall–Kier alpha value is -3.40. The summed E-state index contributed by atoms with van der Waals surface area (Å²) >= 11 is 6.11. The minimum atomic E-state index is -1.11. The number of anilines is 2. The Morgan fingerprint density at radius 2 is 2.06 bits per heavy atom. The van der Waals surface area contributed by atoms with Gasteiger partial charge in [0, 0.05) is 47.2 Å². The molecule has 0 radical (unpaired) electrons. The molecular weight excluding hydrogens is 425 g/mol. The highest BCUT2D eigenvalue weighted by molar-refractivity contribution is 6.31. The molecule has 3 aromatic rings. The second-order valence-electron chi connectivity index (χ2n) is 7.32. The molecular formula is C20H23ClFN7O2. The molecule has 2 aromatic heterocycles. The molecule has 0 saturated heterocycles. The van der Waals surface area contributed by atoms with Crippen LogP contribution in [0.15, 0.2) is 30.6 Å². The standard InChI is InChI=1S/C20H23ClFN7O2/c1-10(2)29-9-14(18(28-29)13-6-12(21)7-15(23)17(13)22)16-4-5-24-19(27-16)25-8-11(3)26-20(30)31/h4-7,9-11,26H,8,23H2,1-3H3,(H,30,31)(H,24,25,27). The number of rotatable bonds is 7. The van der Waals surface area contributed by atoms with Gasteiger partial charge in [0.15, 0.2) is 5.82 Å². The first kappa shape index (κ1) is 22.3. The van der Waals surface area contributed by atoms with Gasteiger partial charge in [0.2, 0.25) is 5.95 Å². The number of nitrogen functional groups attached to an aromatic ring is 1. The highest BCUT2D eigenvalue weighted by atomic mass is 35.5. The van der Waals surface area contributed by atoms with Crippen molar-refractivity contribution in [1.82, 2.24) is 25.1 Å². The van der Waals surface area contributed by atoms with Crippen molar-refractivity contribution in [3.05, 3.63) is 41.4 Å². The smallest absolute Gasteiger partial charge is 0.404 e. The number of halogens is 2. The fourth-order valence-corrected chi connectivity index (χ4v) is 3.15. The van der Waals surface area contributed by atoms with Crippen LogP contribution in [0.5, 0.6) is 0 Å². The van der Waals surface area contributed by atoms with Gasteiger partial charge in [0.1, 0.15) is 5.69 Å². The first-order chi connectivity index (χ1) is 14.7. The molecule has 2 heterocycles. The third-order valence-corrected chi connectivity index (χ3v) is 4.67. The van der Waals surface area contributed by atoms with Crippen molar-refractivity contribution < 1.29 is 14.3 Å². The number of nitrogens with two attached hydrogens (primary N) is 1. The lowest BCUT2D eigenvalue weighted by molar-refractivity contribution is 0.191. The van der Waals surface area contributed by atoms with Crippen LogP contribution in [-0.4, -0.2) is 43.5 Å². The van der Waals surface area contributed by atoms with E-state index in [0.717, 1.165) is 0 Å². The Morgan fingerprint density at radius 3 is 2.74 bits per heavy atom. The maximum atomic E-state index is 14.8. The van der Waals surface area contributed by atoms with Gasteiger partial charge in [-0.15, -0.1) is 0 Å². The molecule has 0 spiro atoms. The van der Waals surface area contributed by atoms with E-state index in [2.05, 4.69) is 25.7 Å². The van der Waals surface area contributed by atoms with Crippen molar-refractivity contribution in [2.45, 2.75) is 32.9 Å². The van der Waals surface area contributed by atoms with Crippen molar-refractivity contribution in [1.29, 1.82) is 0 Å². The van der Waals surface area contributed by atoms with Gasteiger partial charge in [-0.1, -0.05) is 11.6 Å². The first-order valence-electron chi connectivity index (χ1n) is 9.56. The Labute approximate surface area is 183 Å². The van der Waals surface area contributed by atoms with Crippen molar-refractivity contribution in [3.8, 4) is 22.5 Å². The minimum Gasteiger partial charge on any atom is -0.465 e. The highest BCUT2D eigenvalue weighted by Crippen LogP contribution is 2.36. The molecule has 31 heavy (non-hydrogen) atoms. The van der Waals surface area contributed by atoms with E-state index in [1.54, 1.807) is 30.1 Å². The monoisotopic (exact) mass is 447 g/mol. The molecule has 0 saturated carbocycles. The average molecular weight is 448 g/mol. The van der Waals surface area contributed by atoms with Gasteiger partial charge in [0.05, 0.1) is 11.4 Å². The summed E-state index contributed by atoms with van der Waals surface area (Å²) in [5.74, 6) is -0.313. The molecule has 1 amide bonds. The Bertz CT molecular complexity index is 1100. The molecule has 0 aliphatic rings. The lowest BCUT2D eigenvalue weighted by Gasteiger charge is -2.12. The van der Waals surface area contributed by atoms with Crippen LogP contribution in [0.4, 0.5) is 20.8 Å². The quantitative estimate of drug-likeness (QED) is 0.402. The highest BCUT2D eigenvalue weighted by Gasteiger charge is 2.21. The van der Waals surface area contributed by atoms with Gasteiger partial charge in [-0.05, 0) is 39.0 Å². The second-order valence-corrected chi connectivity index (χ2v) is 7.76. The van der Waals surface area contributed by atoms with Crippen molar-refractivity contribution in [2.75, 3.05) is 17.6 Å². The molecule has 0 aliphatic heterocycles. The number of hydrogen-bond acceptors (Lipinski definition) is 6. The maximum Gasteiger partial charge on any atom is 0.404 e. The van der Waals surface area contributed by atoms with Crippen LogP contribution in [0.1, 0.15) is 26.8 Å². The van der Waals surface area contributed by atoms with E-state index < -0.39 is 11.9 Å². The van der Waals surface area contributed by atoms with Gasteiger partial charge in [-0.3, -0.25) is 4.68 Å². The minimum absolute atomic E-state index is 0.0227. The summed E-state index contributed by atoms with van der Waals surface area (Å²) in [5, 5.41) is 19.0. The van der Waals surface area contributed by atoms with E-state index in [1.165, 1.54) is 12.1 Å². The first-order valence-corrected chi connectivity index (χ1v) is 9.94. The van der Waals surface area contributed by atoms with E-state index in [9.17, 15) is 9.18 Å². The van der Waals surface area contributed by atoms with Crippen molar-refractivity contribution in [3.63, 3.8) is 0 Å². The summed E-state index contributed by atoms with van der Waals surface area (Å²) in [5.41, 5.74) is 7.31. The largest absolute Gasteiger partial charge is 0.465 e. The van der Waals surface area contributed by atoms with Gasteiger partial charge < -0.3 is 21.5 Å². The molecule has 5 N–H and O–H groups in total. The second kappa shape index (κ2) is 9.17. The van der Waals surface area contributed by atoms with Crippen LogP contribution in [-0.2, 0) is 0 Å². The van der Waals surface area contributed by atoms with Crippen LogP contribution in [0, 0.1) is 5.82 Å². The molecule has 0 aliphatic carbocycles. The van der Waals surface area contributed by atoms with Gasteiger partial charge in [-0.2, -0.15) is 5.10 Å². The summed E-state index contributed by atoms with van der Waals surface area (Å²) in [6, 6.07) is 4.17. The van der Waals surface area contributed by atoms with E-state index in [4.69, 9.17) is 22.4 Å². The number of aromatic nitrogens is 4. The number of amides is 1. The molecule has 9 nitrogen and oxygen atoms in total. The number of hydrogen-bond donors (Lipinski definition) is 4. The normalized spacial score (nSPS) is 12.1. The predicted molar refractivity (Wildman–Crippen MR) is 118 cm³/mol. The summed E-state index contributed by atoms with van der Waals surface area (Å²) in [4.78, 5) is 19.4. The van der Waals surface area contributed by atoms with Crippen molar-refractivity contribution in [2.24, 2.45) is 0 Å². The summed E-state index contributed by atoms with van der Waals surface area (Å²) < 4.78 is 16.5. The van der Waals surface area contributed by atoms with E-state index in [1.807, 2.05) is 13.8 Å². The summed E-state index contributed by atoms with van der Waals surface area (Å²) in [6.07, 6.45) is 2.22. The molecule has 0 bridgehead atoms. The Balaban J connectivity index is 2.01. The molecule has 3 rings (SSSR count). The zero-order valence-corrected chi connectivity index (χ0v) is 18.0. The topological polar surface area (TPSA) is 131 Å². The van der Waals surface area contributed by atoms with Crippen LogP contribution >= 0.6 is 11.6 Å². The van der Waals surface area contributed by atoms with Gasteiger partial charge in [0.25, 0.3) is 0 Å². The Morgan fingerprint density at radius 1 is 1.32 bits per heavy atom. The van der Waals surface area contributed by atoms with Crippen LogP contribution in [0.25, 0.3) is 22.5 Å². The number of carboxylic acid groups (broad SMARTS) is 1. The Kier molecular flexibility index (Phi) is 6.59. The number of nitrogens with zero attached hydrogens (tertiary/aromatic N) is 4. The lowest BCUT2D eigenvalue weighted by atomic mass is 10.0. The third-order valence-electron chi connectivity index (χ3n) is 4.45. The fraction of sp³-hybridized carbons (Fsp3) is 0.300. The van der Waals surface area contributed by atoms with E-state index in [-0.39, 0.29) is 29.9 Å². The number of nitrogens with one attached hydrogen (secondary N) is 2. The molecule has 11 heteroatoms. The van der Waals surface area contributed by atoms with Gasteiger partial charge in [-0.25, -0.2) is 19.2 Å². The zero-order valence-electron chi connectivity index (χ0n) is 17.2. The molecule has 1 atom stereocenters. The van der Waals surface area contributed by atoms with Crippen LogP contribution < -0.4 is 16.4 Å². The zero-order chi connectivity index (χ0) is 22.7. The fourth-order valence-electron chi connectivity index (χ4n) is 2.93. The number of benzene rings is 1. The third kappa shape index (κ3) is 5.21. The lowest BCUT2D eigenvalue weighted by Crippen LogP contribution is -2.36. The average Bonchev–Trinajstić information content (AvgIpc) is 3.14. The van der Waals surface area contributed by atoms with Gasteiger partial charge >= 0.3 is 6.09 Å². The van der Waals surface area contributed by atoms with E-state index in [0.29, 0.717) is 27.9 Å². The van der Waals surface area contributed by atoms with Crippen LogP contribution in [0.2, 0.25) is 5.02 Å². The van der Waals surface area contributed by atoms with Crippen molar-refractivity contribution >= 4 is 29.3 Å². The molecule has 1 unspecified atom stereocenters. The van der Waals surface area contributed by atoms with E-state index >= 15 is 0 Å². The molecule has 1 aromatic carbocycles. The SMILES string of the molecule is CC(CNc1nccc(-c2cn(C(C)C)nc2-c2cc(Cl)cc(N)c2F)n1)NC(=O)O.